The van der Waals surface area contributed by atoms with Gasteiger partial charge < -0.3 is 14.6 Å². The number of esters is 1. The number of ether oxygens (including phenoxy) is 2. The van der Waals surface area contributed by atoms with Crippen LogP contribution in [-0.4, -0.2) is 29.8 Å². The molecule has 2 rings (SSSR count). The topological polar surface area (TPSA) is 68.7 Å². The van der Waals surface area contributed by atoms with E-state index >= 15 is 0 Å². The van der Waals surface area contributed by atoms with E-state index in [2.05, 4.69) is 20.9 Å². The molecule has 1 aromatic carbocycles. The van der Waals surface area contributed by atoms with Gasteiger partial charge in [-0.1, -0.05) is 0 Å². The fourth-order valence-electron chi connectivity index (χ4n) is 1.75. The quantitative estimate of drug-likeness (QED) is 0.867. The maximum atomic E-state index is 14.3. The van der Waals surface area contributed by atoms with Crippen molar-refractivity contribution < 1.29 is 23.8 Å². The summed E-state index contributed by atoms with van der Waals surface area (Å²) in [7, 11) is 1.39. The van der Waals surface area contributed by atoms with Gasteiger partial charge in [-0.25, -0.2) is 9.18 Å². The standard InChI is InChI=1S/C13H11BrFNO4/c1-3-20-13(18)6-5-16-7-4-8(19-2)10(14)11(15)9(7)12(6)17/h4-5H,3H2,1-2H3,(H,16,17). The first kappa shape index (κ1) is 14.5. The van der Waals surface area contributed by atoms with Gasteiger partial charge in [0.2, 0.25) is 0 Å². The first-order valence-electron chi connectivity index (χ1n) is 5.72. The van der Waals surface area contributed by atoms with Crippen LogP contribution in [0.4, 0.5) is 4.39 Å². The Labute approximate surface area is 122 Å². The first-order chi connectivity index (χ1) is 9.51. The number of hydrogen-bond acceptors (Lipinski definition) is 5. The molecular formula is C13H11BrFNO4. The number of hydrogen-bond donors (Lipinski definition) is 1. The number of benzene rings is 1. The van der Waals surface area contributed by atoms with E-state index in [0.29, 0.717) is 0 Å². The SMILES string of the molecule is CCOC(=O)c1cnc2cc(OC)c(Br)c(F)c2c1O. The Kier molecular flexibility index (Phi) is 4.08. The minimum Gasteiger partial charge on any atom is -0.506 e. The van der Waals surface area contributed by atoms with Gasteiger partial charge in [-0.15, -0.1) is 0 Å². The summed E-state index contributed by atoms with van der Waals surface area (Å²) in [6, 6.07) is 1.46. The largest absolute Gasteiger partial charge is 0.506 e. The zero-order valence-electron chi connectivity index (χ0n) is 10.7. The molecule has 0 aliphatic heterocycles. The summed E-state index contributed by atoms with van der Waals surface area (Å²) in [5.41, 5.74) is -0.0107. The van der Waals surface area contributed by atoms with Crippen LogP contribution in [0.15, 0.2) is 16.7 Å². The van der Waals surface area contributed by atoms with Crippen LogP contribution in [0.1, 0.15) is 17.3 Å². The van der Waals surface area contributed by atoms with E-state index in [1.54, 1.807) is 6.92 Å². The maximum absolute atomic E-state index is 14.3. The zero-order chi connectivity index (χ0) is 14.9. The third-order valence-corrected chi connectivity index (χ3v) is 3.43. The molecule has 20 heavy (non-hydrogen) atoms. The van der Waals surface area contributed by atoms with Crippen molar-refractivity contribution in [3.8, 4) is 11.5 Å². The van der Waals surface area contributed by atoms with Gasteiger partial charge in [0.05, 0.1) is 29.1 Å². The molecule has 0 unspecified atom stereocenters. The number of aromatic hydroxyl groups is 1. The van der Waals surface area contributed by atoms with Crippen molar-refractivity contribution in [3.05, 3.63) is 28.1 Å². The minimum atomic E-state index is -0.759. The summed E-state index contributed by atoms with van der Waals surface area (Å²) in [6.45, 7) is 1.77. The van der Waals surface area contributed by atoms with Crippen molar-refractivity contribution in [2.75, 3.05) is 13.7 Å². The average Bonchev–Trinajstić information content (AvgIpc) is 2.42. The van der Waals surface area contributed by atoms with E-state index in [1.165, 1.54) is 13.2 Å². The van der Waals surface area contributed by atoms with Crippen LogP contribution in [0.2, 0.25) is 0 Å². The third-order valence-electron chi connectivity index (χ3n) is 2.69. The molecule has 1 heterocycles. The van der Waals surface area contributed by atoms with Crippen LogP contribution >= 0.6 is 15.9 Å². The molecule has 0 spiro atoms. The third kappa shape index (κ3) is 2.29. The minimum absolute atomic E-state index is 0.0469. The van der Waals surface area contributed by atoms with Crippen molar-refractivity contribution in [2.24, 2.45) is 0 Å². The number of rotatable bonds is 3. The number of methoxy groups -OCH3 is 1. The van der Waals surface area contributed by atoms with Gasteiger partial charge in [-0.2, -0.15) is 0 Å². The van der Waals surface area contributed by atoms with Crippen LogP contribution in [0.25, 0.3) is 10.9 Å². The number of nitrogens with zero attached hydrogens (tertiary/aromatic N) is 1. The molecule has 0 fully saturated rings. The van der Waals surface area contributed by atoms with Crippen molar-refractivity contribution in [1.82, 2.24) is 4.98 Å². The van der Waals surface area contributed by atoms with E-state index in [4.69, 9.17) is 9.47 Å². The molecule has 0 amide bonds. The van der Waals surface area contributed by atoms with Gasteiger partial charge in [0.1, 0.15) is 17.1 Å². The molecule has 0 saturated carbocycles. The number of carbonyl (C=O) groups excluding carboxylic acids is 1. The number of fused-ring (bicyclic) bond motifs is 1. The van der Waals surface area contributed by atoms with Gasteiger partial charge in [-0.3, -0.25) is 4.98 Å². The van der Waals surface area contributed by atoms with E-state index in [-0.39, 0.29) is 33.3 Å². The summed E-state index contributed by atoms with van der Waals surface area (Å²) in [4.78, 5) is 15.6. The molecule has 106 valence electrons. The molecule has 0 saturated heterocycles. The highest BCUT2D eigenvalue weighted by molar-refractivity contribution is 9.10. The normalized spacial score (nSPS) is 10.6. The zero-order valence-corrected chi connectivity index (χ0v) is 12.3. The highest BCUT2D eigenvalue weighted by Gasteiger charge is 2.21. The smallest absolute Gasteiger partial charge is 0.343 e. The summed E-state index contributed by atoms with van der Waals surface area (Å²) in [5.74, 6) is -1.78. The molecule has 0 atom stereocenters. The second kappa shape index (κ2) is 5.62. The van der Waals surface area contributed by atoms with Crippen LogP contribution in [0.3, 0.4) is 0 Å². The predicted molar refractivity (Wildman–Crippen MR) is 73.6 cm³/mol. The highest BCUT2D eigenvalue weighted by atomic mass is 79.9. The van der Waals surface area contributed by atoms with E-state index in [9.17, 15) is 14.3 Å². The Morgan fingerprint density at radius 1 is 1.55 bits per heavy atom. The van der Waals surface area contributed by atoms with Crippen molar-refractivity contribution >= 4 is 32.8 Å². The molecule has 7 heteroatoms. The lowest BCUT2D eigenvalue weighted by molar-refractivity contribution is 0.0523. The van der Waals surface area contributed by atoms with Crippen LogP contribution in [0.5, 0.6) is 11.5 Å². The van der Waals surface area contributed by atoms with Crippen LogP contribution in [0, 0.1) is 5.82 Å². The fourth-order valence-corrected chi connectivity index (χ4v) is 2.23. The van der Waals surface area contributed by atoms with Gasteiger partial charge in [0, 0.05) is 12.3 Å². The summed E-state index contributed by atoms with van der Waals surface area (Å²) < 4.78 is 24.1. The molecule has 0 bridgehead atoms. The lowest BCUT2D eigenvalue weighted by Crippen LogP contribution is -2.06. The van der Waals surface area contributed by atoms with E-state index in [1.807, 2.05) is 0 Å². The van der Waals surface area contributed by atoms with Crippen LogP contribution < -0.4 is 4.74 Å². The second-order valence-electron chi connectivity index (χ2n) is 3.84. The number of aromatic nitrogens is 1. The predicted octanol–water partition coefficient (Wildman–Crippen LogP) is 3.03. The Hall–Kier alpha value is -1.89. The molecule has 5 nitrogen and oxygen atoms in total. The molecule has 2 aromatic rings. The maximum Gasteiger partial charge on any atom is 0.343 e. The number of halogens is 2. The number of pyridine rings is 1. The Balaban J connectivity index is 2.73. The second-order valence-corrected chi connectivity index (χ2v) is 4.63. The average molecular weight is 344 g/mol. The van der Waals surface area contributed by atoms with Crippen molar-refractivity contribution in [2.45, 2.75) is 6.92 Å². The molecular weight excluding hydrogens is 333 g/mol. The first-order valence-corrected chi connectivity index (χ1v) is 6.51. The van der Waals surface area contributed by atoms with Gasteiger partial charge >= 0.3 is 5.97 Å². The Morgan fingerprint density at radius 3 is 2.85 bits per heavy atom. The summed E-state index contributed by atoms with van der Waals surface area (Å²) >= 11 is 3.03. The van der Waals surface area contributed by atoms with Crippen LogP contribution in [-0.2, 0) is 4.74 Å². The monoisotopic (exact) mass is 343 g/mol. The summed E-state index contributed by atoms with van der Waals surface area (Å²) in [5, 5.41) is 9.91. The molecule has 0 aliphatic carbocycles. The highest BCUT2D eigenvalue weighted by Crippen LogP contribution is 2.38. The molecule has 1 N–H and O–H groups in total. The van der Waals surface area contributed by atoms with Gasteiger partial charge in [0.25, 0.3) is 0 Å². The van der Waals surface area contributed by atoms with Gasteiger partial charge in [-0.05, 0) is 22.9 Å². The number of carbonyl (C=O) groups is 1. The van der Waals surface area contributed by atoms with Crippen molar-refractivity contribution in [3.63, 3.8) is 0 Å². The summed E-state index contributed by atoms with van der Waals surface area (Å²) in [6.07, 6.45) is 1.14. The van der Waals surface area contributed by atoms with E-state index < -0.39 is 17.5 Å². The molecule has 0 aliphatic rings. The van der Waals surface area contributed by atoms with Crippen molar-refractivity contribution in [1.29, 1.82) is 0 Å². The lowest BCUT2D eigenvalue weighted by Gasteiger charge is -2.10. The molecule has 1 aromatic heterocycles. The van der Waals surface area contributed by atoms with E-state index in [0.717, 1.165) is 6.20 Å². The van der Waals surface area contributed by atoms with Gasteiger partial charge in [0.15, 0.2) is 5.82 Å². The lowest BCUT2D eigenvalue weighted by atomic mass is 10.1. The Bertz CT molecular complexity index is 690. The Morgan fingerprint density at radius 2 is 2.25 bits per heavy atom. The fraction of sp³-hybridized carbons (Fsp3) is 0.231. The molecule has 0 radical (unpaired) electrons.